The summed E-state index contributed by atoms with van der Waals surface area (Å²) in [5.41, 5.74) is 37.4. The second kappa shape index (κ2) is 25.6. The van der Waals surface area contributed by atoms with Gasteiger partial charge in [0.1, 0.15) is 18.3 Å². The molecule has 6 aliphatic heterocycles. The monoisotopic (exact) mass is 1270 g/mol. The number of nitrogens with one attached hydrogen (secondary N) is 2. The molecule has 2 aromatic rings. The van der Waals surface area contributed by atoms with Crippen LogP contribution in [0, 0.1) is 59.2 Å². The van der Waals surface area contributed by atoms with Crippen LogP contribution >= 0.6 is 7.82 Å². The van der Waals surface area contributed by atoms with Gasteiger partial charge < -0.3 is 69.4 Å². The first-order valence-corrected chi connectivity index (χ1v) is 32.1. The Kier molecular flexibility index (Phi) is 19.6. The summed E-state index contributed by atoms with van der Waals surface area (Å²) in [6.45, 7) is 19.3. The number of benzene rings is 1. The summed E-state index contributed by atoms with van der Waals surface area (Å²) in [7, 11) is -5.07. The molecule has 2 fully saturated rings. The maximum absolute atomic E-state index is 14.4. The van der Waals surface area contributed by atoms with E-state index in [1.807, 2.05) is 87.4 Å². The van der Waals surface area contributed by atoms with E-state index in [0.717, 1.165) is 11.1 Å². The lowest BCUT2D eigenvalue weighted by atomic mass is 9.55. The molecule has 15 atom stereocenters. The first-order valence-electron chi connectivity index (χ1n) is 30.6. The molecule has 90 heavy (non-hydrogen) atoms. The van der Waals surface area contributed by atoms with E-state index in [9.17, 15) is 53.2 Å². The maximum atomic E-state index is 14.4. The third-order valence-electron chi connectivity index (χ3n) is 20.6. The van der Waals surface area contributed by atoms with Crippen molar-refractivity contribution >= 4 is 77.3 Å². The maximum Gasteiger partial charge on any atom is 0.472 e. The van der Waals surface area contributed by atoms with E-state index in [4.69, 9.17) is 63.2 Å². The second-order valence-corrected chi connectivity index (χ2v) is 28.4. The number of rotatable bonds is 26. The van der Waals surface area contributed by atoms with E-state index in [-0.39, 0.29) is 77.2 Å². The molecule has 7 amide bonds. The van der Waals surface area contributed by atoms with Crippen molar-refractivity contribution < 1.29 is 67.0 Å². The van der Waals surface area contributed by atoms with Crippen LogP contribution in [0.2, 0.25) is 0 Å². The number of aliphatic hydroxyl groups is 2. The van der Waals surface area contributed by atoms with Gasteiger partial charge in [0.05, 0.1) is 41.7 Å². The van der Waals surface area contributed by atoms with Gasteiger partial charge in [-0.25, -0.2) is 9.55 Å². The van der Waals surface area contributed by atoms with Crippen molar-refractivity contribution in [3.05, 3.63) is 63.9 Å². The number of aromatic nitrogens is 2. The predicted octanol–water partition coefficient (Wildman–Crippen LogP) is 3.16. The van der Waals surface area contributed by atoms with Gasteiger partial charge in [0.25, 0.3) is 0 Å². The molecule has 17 N–H and O–H groups in total. The number of nitrogens with zero attached hydrogens (tertiary/aromatic N) is 5. The molecule has 492 valence electrons. The summed E-state index contributed by atoms with van der Waals surface area (Å²) in [6.07, 6.45) is -4.26. The highest BCUT2D eigenvalue weighted by Gasteiger charge is 2.66. The number of phosphoric acid groups is 1. The molecule has 8 bridgehead atoms. The van der Waals surface area contributed by atoms with Gasteiger partial charge in [-0.1, -0.05) is 34.6 Å². The molecular formula is C62H90N13O14P. The standard InChI is InChI=1S/C62H90N13O14P/c1-29-20-39-40(21-30(29)2)75(28-70-39)57-52(84)53(41(27-76)87-57)89-90(85,86)88-31(3)26-69-49(83)18-19-59(8)37(22-46(66)80)56-62(11)61(10,25-48(68)82)36(14-17-45(65)79)51(74-62)33(5)55-60(9,24-47(67)81)34(12-15-43(63)77)38(71-55)23-42-58(6,7)35(13-16-44(64)78)50(72-42)32(4)54(59)73-56/h20-21,23,28,31,34-37,41,52-53,56-57,71,76,84H,12-19,22,24-27H2,1-11H3,(H2,63,77)(H2,64,78)(H2,65,79)(H2,66,80)(H2,67,81)(H2,68,82)(H,69,83)(H,85,86)/b38-23?,50-32?,55-33-/t31-,34-,35-,36-,37+,41-,52-,53-,56+,57+,59-,60+,61+,62+/m1/s1. The highest BCUT2D eigenvalue weighted by Crippen LogP contribution is 2.63. The van der Waals surface area contributed by atoms with Crippen molar-refractivity contribution in [3.63, 3.8) is 0 Å². The molecule has 1 aromatic heterocycles. The number of carbonyl (C=O) groups excluding carboxylic acids is 7. The number of aliphatic hydroxyl groups excluding tert-OH is 2. The largest absolute Gasteiger partial charge is 0.472 e. The van der Waals surface area contributed by atoms with Crippen LogP contribution in [-0.4, -0.2) is 132 Å². The van der Waals surface area contributed by atoms with Crippen LogP contribution in [0.5, 0.6) is 0 Å². The van der Waals surface area contributed by atoms with Gasteiger partial charge in [0.15, 0.2) is 6.23 Å². The molecule has 0 radical (unpaired) electrons. The van der Waals surface area contributed by atoms with Gasteiger partial charge in [-0.05, 0) is 108 Å². The van der Waals surface area contributed by atoms with E-state index in [0.29, 0.717) is 56.4 Å². The third-order valence-corrected chi connectivity index (χ3v) is 21.7. The molecule has 0 saturated carbocycles. The lowest BCUT2D eigenvalue weighted by Gasteiger charge is -2.48. The summed E-state index contributed by atoms with van der Waals surface area (Å²) >= 11 is 0. The van der Waals surface area contributed by atoms with Crippen molar-refractivity contribution in [2.45, 2.75) is 189 Å². The second-order valence-electron chi connectivity index (χ2n) is 27.1. The number of amides is 7. The van der Waals surface area contributed by atoms with E-state index < -0.39 is 143 Å². The topological polar surface area (TPSA) is 460 Å². The minimum Gasteiger partial charge on any atom is -0.394 e. The fraction of sp³-hybridized carbons (Fsp3) is 0.629. The average molecular weight is 1270 g/mol. The van der Waals surface area contributed by atoms with Crippen LogP contribution in [0.3, 0.4) is 0 Å². The zero-order valence-electron chi connectivity index (χ0n) is 53.3. The number of primary amides is 6. The van der Waals surface area contributed by atoms with E-state index in [2.05, 4.69) is 15.6 Å². The van der Waals surface area contributed by atoms with Gasteiger partial charge in [-0.3, -0.25) is 57.6 Å². The number of nitrogens with two attached hydrogens (primary N) is 6. The Bertz CT molecular complexity index is 3540. The highest BCUT2D eigenvalue weighted by atomic mass is 31.2. The van der Waals surface area contributed by atoms with Crippen LogP contribution in [0.25, 0.3) is 11.0 Å². The van der Waals surface area contributed by atoms with Crippen molar-refractivity contribution in [2.24, 2.45) is 94.7 Å². The Hall–Kier alpha value is -7.00. The zero-order valence-corrected chi connectivity index (χ0v) is 54.1. The number of imidazole rings is 1. The Morgan fingerprint density at radius 1 is 0.800 bits per heavy atom. The smallest absolute Gasteiger partial charge is 0.394 e. The fourth-order valence-electron chi connectivity index (χ4n) is 15.4. The molecule has 6 aliphatic rings. The molecule has 28 heteroatoms. The Morgan fingerprint density at radius 2 is 1.40 bits per heavy atom. The molecule has 1 aromatic carbocycles. The number of hydrogen-bond acceptors (Lipinski definition) is 18. The zero-order chi connectivity index (χ0) is 66.7. The Balaban J connectivity index is 1.19. The Morgan fingerprint density at radius 3 is 1.99 bits per heavy atom. The van der Waals surface area contributed by atoms with E-state index in [1.165, 1.54) is 13.3 Å². The molecule has 8 rings (SSSR count). The lowest BCUT2D eigenvalue weighted by Crippen LogP contribution is -2.56. The van der Waals surface area contributed by atoms with Crippen LogP contribution in [-0.2, 0) is 51.9 Å². The van der Waals surface area contributed by atoms with E-state index >= 15 is 0 Å². The fourth-order valence-corrected chi connectivity index (χ4v) is 16.6. The van der Waals surface area contributed by atoms with Crippen LogP contribution in [0.4, 0.5) is 0 Å². The van der Waals surface area contributed by atoms with Crippen LogP contribution in [0.15, 0.2) is 67.8 Å². The van der Waals surface area contributed by atoms with Crippen LogP contribution in [0.1, 0.15) is 150 Å². The number of aryl methyl sites for hydroxylation is 2. The SMILES string of the molecule is CC1=C2N=C(C=C3N/C(=C(/C)C4=N[C@@](C)([C@H]5N=C1[C@](C)(CCC(=O)NC[C@@H](C)OP(=O)(O)O[C@H]1[C@@H](O)[C@@H](n6cnc7cc(C)c(C)cc76)O[C@@H]1CO)[C@H]5CC(N)=O)[C@@](C)(CC(N)=O)[C@@H]4CCC(N)=O)[C@@](C)(CC(N)=O)[C@@H]3CCC(N)=O)C(C)(C)[C@@H]2CCC(N)=O. The molecule has 2 saturated heterocycles. The summed E-state index contributed by atoms with van der Waals surface area (Å²) in [4.78, 5) is 126. The number of carbonyl (C=O) groups is 7. The normalized spacial score (nSPS) is 32.8. The van der Waals surface area contributed by atoms with Gasteiger partial charge >= 0.3 is 7.82 Å². The molecule has 27 nitrogen and oxygen atoms in total. The molecular weight excluding hydrogens is 1180 g/mol. The number of fused-ring (bicyclic) bond motifs is 7. The minimum absolute atomic E-state index is 0.0114. The first kappa shape index (κ1) is 68.9. The van der Waals surface area contributed by atoms with Gasteiger partial charge in [0, 0.05) is 131 Å². The summed E-state index contributed by atoms with van der Waals surface area (Å²) < 4.78 is 32.3. The molecule has 7 heterocycles. The average Bonchev–Trinajstić information content (AvgIpc) is 1.53. The third kappa shape index (κ3) is 13.0. The van der Waals surface area contributed by atoms with Gasteiger partial charge in [-0.2, -0.15) is 0 Å². The quantitative estimate of drug-likeness (QED) is 0.0603. The summed E-state index contributed by atoms with van der Waals surface area (Å²) in [5, 5.41) is 28.2. The number of phosphoric ester groups is 1. The molecule has 1 unspecified atom stereocenters. The van der Waals surface area contributed by atoms with Crippen molar-refractivity contribution in [2.75, 3.05) is 13.2 Å². The van der Waals surface area contributed by atoms with Crippen molar-refractivity contribution in [1.82, 2.24) is 20.2 Å². The lowest BCUT2D eigenvalue weighted by molar-refractivity contribution is -0.124. The van der Waals surface area contributed by atoms with Crippen molar-refractivity contribution in [3.8, 4) is 0 Å². The minimum atomic E-state index is -5.07. The van der Waals surface area contributed by atoms with Gasteiger partial charge in [-0.15, -0.1) is 0 Å². The highest BCUT2D eigenvalue weighted by molar-refractivity contribution is 7.47. The van der Waals surface area contributed by atoms with Gasteiger partial charge in [0.2, 0.25) is 41.4 Å². The number of aliphatic imine (C=N–C) groups is 3. The van der Waals surface area contributed by atoms with Crippen molar-refractivity contribution in [1.29, 1.82) is 0 Å². The number of hydrogen-bond donors (Lipinski definition) is 11. The van der Waals surface area contributed by atoms with Crippen LogP contribution < -0.4 is 45.0 Å². The number of ether oxygens (including phenoxy) is 1. The first-order chi connectivity index (χ1) is 41.8. The number of allylic oxidation sites excluding steroid dienone is 6. The summed E-state index contributed by atoms with van der Waals surface area (Å²) in [5.74, 6) is -7.18. The molecule has 0 spiro atoms. The molecule has 0 aliphatic carbocycles. The predicted molar refractivity (Wildman–Crippen MR) is 334 cm³/mol. The van der Waals surface area contributed by atoms with E-state index in [1.54, 1.807) is 4.57 Å². The summed E-state index contributed by atoms with van der Waals surface area (Å²) in [6, 6.07) is 2.70. The Labute approximate surface area is 523 Å².